The fraction of sp³-hybridized carbons (Fsp3) is 0.571. The van der Waals surface area contributed by atoms with Crippen molar-refractivity contribution in [2.24, 2.45) is 11.8 Å². The number of imide groups is 1. The van der Waals surface area contributed by atoms with E-state index in [-0.39, 0.29) is 24.1 Å². The zero-order valence-electron chi connectivity index (χ0n) is 15.9. The number of piperidine rings is 1. The summed E-state index contributed by atoms with van der Waals surface area (Å²) in [6.07, 6.45) is 3.35. The first kappa shape index (κ1) is 17.8. The second-order valence-electron chi connectivity index (χ2n) is 8.50. The summed E-state index contributed by atoms with van der Waals surface area (Å²) in [5.74, 6) is 0.943. The van der Waals surface area contributed by atoms with Crippen molar-refractivity contribution >= 4 is 17.7 Å². The molecule has 0 radical (unpaired) electrons. The first-order chi connectivity index (χ1) is 13.6. The molecule has 0 spiro atoms. The number of hydrogen-bond donors (Lipinski definition) is 3. The smallest absolute Gasteiger partial charge is 0.255 e. The number of fused-ring (bicyclic) bond motifs is 2. The molecule has 0 bridgehead atoms. The minimum Gasteiger partial charge on any atom is -0.322 e. The highest BCUT2D eigenvalue weighted by molar-refractivity contribution is 6.05. The van der Waals surface area contributed by atoms with Crippen molar-refractivity contribution in [2.75, 3.05) is 13.1 Å². The summed E-state index contributed by atoms with van der Waals surface area (Å²) in [5.41, 5.74) is 2.67. The molecule has 4 aliphatic rings. The summed E-state index contributed by atoms with van der Waals surface area (Å²) in [6, 6.07) is 5.90. The standard InChI is InChI=1S/C21H26N4O3/c26-18-7-6-17(20(27)24-18)25-11-14-3-1-2-13(19(14)21(25)28)8-22-10-16-15-5-4-12(15)9-23-16/h1-3,12,15-17,22-23H,4-11H2,(H,24,26,27). The molecule has 1 saturated carbocycles. The lowest BCUT2D eigenvalue weighted by Gasteiger charge is -2.33. The van der Waals surface area contributed by atoms with Crippen LogP contribution in [-0.2, 0) is 22.7 Å². The average Bonchev–Trinajstić information content (AvgIpc) is 3.12. The van der Waals surface area contributed by atoms with Crippen molar-refractivity contribution in [3.8, 4) is 0 Å². The zero-order valence-corrected chi connectivity index (χ0v) is 15.9. The normalized spacial score (nSPS) is 31.4. The van der Waals surface area contributed by atoms with Gasteiger partial charge in [0.1, 0.15) is 6.04 Å². The largest absolute Gasteiger partial charge is 0.322 e. The molecule has 4 unspecified atom stereocenters. The Bertz CT molecular complexity index is 839. The van der Waals surface area contributed by atoms with Gasteiger partial charge in [0.15, 0.2) is 0 Å². The maximum atomic E-state index is 13.1. The van der Waals surface area contributed by atoms with Crippen LogP contribution in [0.2, 0.25) is 0 Å². The van der Waals surface area contributed by atoms with Gasteiger partial charge in [-0.25, -0.2) is 0 Å². The van der Waals surface area contributed by atoms with Crippen LogP contribution in [0, 0.1) is 11.8 Å². The molecule has 3 amide bonds. The summed E-state index contributed by atoms with van der Waals surface area (Å²) in [7, 11) is 0. The summed E-state index contributed by atoms with van der Waals surface area (Å²) in [6.45, 7) is 3.13. The van der Waals surface area contributed by atoms with E-state index in [0.717, 1.165) is 41.6 Å². The lowest BCUT2D eigenvalue weighted by atomic mass is 9.73. The van der Waals surface area contributed by atoms with E-state index >= 15 is 0 Å². The number of nitrogens with zero attached hydrogens (tertiary/aromatic N) is 1. The number of carbonyl (C=O) groups is 3. The first-order valence-electron chi connectivity index (χ1n) is 10.3. The van der Waals surface area contributed by atoms with E-state index in [1.807, 2.05) is 18.2 Å². The molecular formula is C21H26N4O3. The van der Waals surface area contributed by atoms with Crippen molar-refractivity contribution in [3.05, 3.63) is 34.9 Å². The molecule has 5 rings (SSSR count). The molecule has 1 aromatic rings. The molecule has 148 valence electrons. The third kappa shape index (κ3) is 2.93. The van der Waals surface area contributed by atoms with Crippen LogP contribution < -0.4 is 16.0 Å². The van der Waals surface area contributed by atoms with Gasteiger partial charge in [0.05, 0.1) is 0 Å². The van der Waals surface area contributed by atoms with Gasteiger partial charge in [0, 0.05) is 37.7 Å². The van der Waals surface area contributed by atoms with E-state index in [0.29, 0.717) is 25.6 Å². The van der Waals surface area contributed by atoms with Crippen LogP contribution in [0.25, 0.3) is 0 Å². The first-order valence-corrected chi connectivity index (χ1v) is 10.3. The van der Waals surface area contributed by atoms with Crippen LogP contribution in [-0.4, -0.2) is 47.8 Å². The molecular weight excluding hydrogens is 356 g/mol. The van der Waals surface area contributed by atoms with Crippen LogP contribution >= 0.6 is 0 Å². The van der Waals surface area contributed by atoms with Gasteiger partial charge in [-0.3, -0.25) is 19.7 Å². The van der Waals surface area contributed by atoms with Crippen molar-refractivity contribution in [2.45, 2.75) is 50.9 Å². The van der Waals surface area contributed by atoms with Crippen molar-refractivity contribution < 1.29 is 14.4 Å². The highest BCUT2D eigenvalue weighted by Gasteiger charge is 2.42. The molecule has 1 aromatic carbocycles. The fourth-order valence-corrected chi connectivity index (χ4v) is 5.26. The molecule has 3 N–H and O–H groups in total. The van der Waals surface area contributed by atoms with Crippen molar-refractivity contribution in [3.63, 3.8) is 0 Å². The number of carbonyl (C=O) groups excluding carboxylic acids is 3. The van der Waals surface area contributed by atoms with Gasteiger partial charge in [-0.15, -0.1) is 0 Å². The molecule has 3 aliphatic heterocycles. The summed E-state index contributed by atoms with van der Waals surface area (Å²) < 4.78 is 0. The van der Waals surface area contributed by atoms with E-state index in [1.54, 1.807) is 4.90 Å². The van der Waals surface area contributed by atoms with Gasteiger partial charge in [-0.05, 0) is 48.8 Å². The third-order valence-corrected chi connectivity index (χ3v) is 6.95. The van der Waals surface area contributed by atoms with Gasteiger partial charge in [-0.1, -0.05) is 18.2 Å². The molecule has 3 heterocycles. The molecule has 1 aliphatic carbocycles. The minimum atomic E-state index is -0.559. The van der Waals surface area contributed by atoms with E-state index < -0.39 is 6.04 Å². The second-order valence-corrected chi connectivity index (χ2v) is 8.50. The van der Waals surface area contributed by atoms with Crippen LogP contribution in [0.4, 0.5) is 0 Å². The minimum absolute atomic E-state index is 0.0973. The van der Waals surface area contributed by atoms with Gasteiger partial charge < -0.3 is 15.5 Å². The molecule has 3 fully saturated rings. The Balaban J connectivity index is 1.26. The number of amides is 3. The second kappa shape index (κ2) is 6.97. The van der Waals surface area contributed by atoms with Crippen LogP contribution in [0.5, 0.6) is 0 Å². The Labute approximate surface area is 164 Å². The maximum Gasteiger partial charge on any atom is 0.255 e. The molecule has 2 saturated heterocycles. The van der Waals surface area contributed by atoms with Crippen LogP contribution in [0.1, 0.15) is 47.2 Å². The summed E-state index contributed by atoms with van der Waals surface area (Å²) >= 11 is 0. The summed E-state index contributed by atoms with van der Waals surface area (Å²) in [4.78, 5) is 38.3. The zero-order chi connectivity index (χ0) is 19.3. The Morgan fingerprint density at radius 1 is 1.14 bits per heavy atom. The topological polar surface area (TPSA) is 90.5 Å². The van der Waals surface area contributed by atoms with Crippen molar-refractivity contribution in [1.29, 1.82) is 0 Å². The van der Waals surface area contributed by atoms with E-state index in [4.69, 9.17) is 0 Å². The van der Waals surface area contributed by atoms with E-state index in [9.17, 15) is 14.4 Å². The Hall–Kier alpha value is -2.25. The summed E-state index contributed by atoms with van der Waals surface area (Å²) in [5, 5.41) is 9.50. The average molecular weight is 382 g/mol. The predicted molar refractivity (Wildman–Crippen MR) is 102 cm³/mol. The third-order valence-electron chi connectivity index (χ3n) is 6.95. The van der Waals surface area contributed by atoms with Crippen LogP contribution in [0.15, 0.2) is 18.2 Å². The Morgan fingerprint density at radius 3 is 2.79 bits per heavy atom. The lowest BCUT2D eigenvalue weighted by molar-refractivity contribution is -0.136. The molecule has 4 atom stereocenters. The van der Waals surface area contributed by atoms with Crippen LogP contribution in [0.3, 0.4) is 0 Å². The number of rotatable bonds is 5. The monoisotopic (exact) mass is 382 g/mol. The Morgan fingerprint density at radius 2 is 2.04 bits per heavy atom. The molecule has 7 heteroatoms. The molecule has 28 heavy (non-hydrogen) atoms. The van der Waals surface area contributed by atoms with Gasteiger partial charge in [0.2, 0.25) is 11.8 Å². The SMILES string of the molecule is O=C1CCC(N2Cc3cccc(CNCC4NCC5CCC54)c3C2=O)C(=O)N1. The van der Waals surface area contributed by atoms with E-state index in [2.05, 4.69) is 16.0 Å². The van der Waals surface area contributed by atoms with Gasteiger partial charge in [0.25, 0.3) is 5.91 Å². The number of hydrogen-bond acceptors (Lipinski definition) is 5. The van der Waals surface area contributed by atoms with Gasteiger partial charge in [-0.2, -0.15) is 0 Å². The number of benzene rings is 1. The number of nitrogens with one attached hydrogen (secondary N) is 3. The Kier molecular flexibility index (Phi) is 4.44. The lowest BCUT2D eigenvalue weighted by Crippen LogP contribution is -2.52. The van der Waals surface area contributed by atoms with Gasteiger partial charge >= 0.3 is 0 Å². The highest BCUT2D eigenvalue weighted by Crippen LogP contribution is 2.40. The fourth-order valence-electron chi connectivity index (χ4n) is 5.26. The molecule has 7 nitrogen and oxygen atoms in total. The molecule has 0 aromatic heterocycles. The van der Waals surface area contributed by atoms with Crippen molar-refractivity contribution in [1.82, 2.24) is 20.9 Å². The predicted octanol–water partition coefficient (Wildman–Crippen LogP) is 0.535. The quantitative estimate of drug-likeness (QED) is 0.647. The van der Waals surface area contributed by atoms with E-state index in [1.165, 1.54) is 12.8 Å². The maximum absolute atomic E-state index is 13.1. The highest BCUT2D eigenvalue weighted by atomic mass is 16.2.